The van der Waals surface area contributed by atoms with Gasteiger partial charge in [0.25, 0.3) is 0 Å². The lowest BCUT2D eigenvalue weighted by atomic mass is 10.3. The summed E-state index contributed by atoms with van der Waals surface area (Å²) in [4.78, 5) is 18.4. The molecule has 0 amide bonds. The van der Waals surface area contributed by atoms with Crippen LogP contribution in [0.3, 0.4) is 0 Å². The number of aromatic nitrogens is 2. The van der Waals surface area contributed by atoms with E-state index >= 15 is 0 Å². The zero-order valence-corrected chi connectivity index (χ0v) is 11.5. The molecule has 21 heavy (non-hydrogen) atoms. The van der Waals surface area contributed by atoms with E-state index in [0.29, 0.717) is 6.54 Å². The van der Waals surface area contributed by atoms with Crippen molar-refractivity contribution in [1.82, 2.24) is 9.97 Å². The molecule has 0 unspecified atom stereocenters. The minimum absolute atomic E-state index is 0.136. The maximum absolute atomic E-state index is 13.6. The Morgan fingerprint density at radius 1 is 1.38 bits per heavy atom. The molecular formula is C13H13FN4O3. The summed E-state index contributed by atoms with van der Waals surface area (Å²) >= 11 is 0. The van der Waals surface area contributed by atoms with Gasteiger partial charge in [0.2, 0.25) is 5.95 Å². The molecule has 0 atom stereocenters. The number of para-hydroxylation sites is 1. The van der Waals surface area contributed by atoms with Crippen molar-refractivity contribution in [2.24, 2.45) is 0 Å². The molecule has 0 spiro atoms. The molecule has 0 aliphatic heterocycles. The van der Waals surface area contributed by atoms with Crippen LogP contribution in [0.25, 0.3) is 0 Å². The molecule has 1 aromatic heterocycles. The van der Waals surface area contributed by atoms with E-state index in [0.717, 1.165) is 0 Å². The van der Waals surface area contributed by atoms with E-state index in [2.05, 4.69) is 15.3 Å². The van der Waals surface area contributed by atoms with Crippen molar-refractivity contribution in [2.75, 3.05) is 11.9 Å². The Labute approximate surface area is 120 Å². The molecule has 0 aliphatic carbocycles. The largest absolute Gasteiger partial charge is 0.430 e. The zero-order valence-electron chi connectivity index (χ0n) is 11.5. The van der Waals surface area contributed by atoms with Gasteiger partial charge in [-0.1, -0.05) is 12.1 Å². The molecule has 1 aromatic carbocycles. The quantitative estimate of drug-likeness (QED) is 0.672. The molecule has 0 saturated carbocycles. The molecule has 0 bridgehead atoms. The molecule has 0 aliphatic rings. The van der Waals surface area contributed by atoms with Gasteiger partial charge in [-0.05, 0) is 26.0 Å². The average molecular weight is 292 g/mol. The Morgan fingerprint density at radius 3 is 2.71 bits per heavy atom. The lowest BCUT2D eigenvalue weighted by Crippen LogP contribution is -2.07. The molecule has 0 saturated heterocycles. The van der Waals surface area contributed by atoms with Crippen LogP contribution in [0.4, 0.5) is 16.0 Å². The summed E-state index contributed by atoms with van der Waals surface area (Å²) in [5.41, 5.74) is -0.253. The van der Waals surface area contributed by atoms with E-state index < -0.39 is 10.7 Å². The topological polar surface area (TPSA) is 90.2 Å². The van der Waals surface area contributed by atoms with E-state index in [4.69, 9.17) is 4.74 Å². The Balaban J connectivity index is 2.49. The molecule has 0 radical (unpaired) electrons. The van der Waals surface area contributed by atoms with Crippen LogP contribution < -0.4 is 10.1 Å². The third-order valence-electron chi connectivity index (χ3n) is 2.59. The van der Waals surface area contributed by atoms with Crippen LogP contribution in [0.1, 0.15) is 12.6 Å². The summed E-state index contributed by atoms with van der Waals surface area (Å²) in [5, 5.41) is 14.0. The number of anilines is 1. The van der Waals surface area contributed by atoms with Crippen LogP contribution >= 0.6 is 0 Å². The Kier molecular flexibility index (Phi) is 4.27. The monoisotopic (exact) mass is 292 g/mol. The molecule has 0 fully saturated rings. The molecule has 2 rings (SSSR count). The highest BCUT2D eigenvalue weighted by atomic mass is 19.1. The highest BCUT2D eigenvalue weighted by molar-refractivity contribution is 5.50. The van der Waals surface area contributed by atoms with Gasteiger partial charge in [-0.3, -0.25) is 10.1 Å². The summed E-state index contributed by atoms with van der Waals surface area (Å²) < 4.78 is 18.9. The Hall–Kier alpha value is -2.77. The standard InChI is InChI=1S/C13H13FN4O3/c1-3-15-13-16-8(2)11(18(19)20)12(17-13)21-10-7-5-4-6-9(10)14/h4-7H,3H2,1-2H3,(H,15,16,17). The fraction of sp³-hybridized carbons (Fsp3) is 0.231. The Bertz CT molecular complexity index is 678. The predicted octanol–water partition coefficient (Wildman–Crippen LogP) is 3.06. The number of rotatable bonds is 5. The number of ether oxygens (including phenoxy) is 1. The van der Waals surface area contributed by atoms with Crippen LogP contribution in [0.5, 0.6) is 11.6 Å². The van der Waals surface area contributed by atoms with Gasteiger partial charge in [0.15, 0.2) is 11.6 Å². The molecule has 2 aromatic rings. The number of benzene rings is 1. The number of nitrogens with zero attached hydrogens (tertiary/aromatic N) is 3. The third kappa shape index (κ3) is 3.22. The van der Waals surface area contributed by atoms with Crippen molar-refractivity contribution in [1.29, 1.82) is 0 Å². The first-order valence-electron chi connectivity index (χ1n) is 6.22. The maximum Gasteiger partial charge on any atom is 0.352 e. The van der Waals surface area contributed by atoms with Crippen molar-refractivity contribution < 1.29 is 14.1 Å². The van der Waals surface area contributed by atoms with E-state index in [1.54, 1.807) is 6.07 Å². The van der Waals surface area contributed by atoms with Gasteiger partial charge in [-0.2, -0.15) is 4.98 Å². The first kappa shape index (κ1) is 14.6. The number of nitro groups is 1. The highest BCUT2D eigenvalue weighted by Gasteiger charge is 2.24. The van der Waals surface area contributed by atoms with Gasteiger partial charge < -0.3 is 10.1 Å². The van der Waals surface area contributed by atoms with Gasteiger partial charge in [-0.25, -0.2) is 9.37 Å². The normalized spacial score (nSPS) is 10.2. The molecule has 7 nitrogen and oxygen atoms in total. The average Bonchev–Trinajstić information content (AvgIpc) is 2.41. The predicted molar refractivity (Wildman–Crippen MR) is 74.1 cm³/mol. The van der Waals surface area contributed by atoms with E-state index in [1.165, 1.54) is 25.1 Å². The van der Waals surface area contributed by atoms with Gasteiger partial charge >= 0.3 is 11.6 Å². The number of hydrogen-bond acceptors (Lipinski definition) is 6. The summed E-state index contributed by atoms with van der Waals surface area (Å²) in [7, 11) is 0. The number of aryl methyl sites for hydroxylation is 1. The van der Waals surface area contributed by atoms with Gasteiger partial charge in [0.05, 0.1) is 4.92 Å². The van der Waals surface area contributed by atoms with Crippen molar-refractivity contribution in [3.63, 3.8) is 0 Å². The van der Waals surface area contributed by atoms with Crippen LogP contribution in [0.15, 0.2) is 24.3 Å². The lowest BCUT2D eigenvalue weighted by Gasteiger charge is -2.09. The second kappa shape index (κ2) is 6.12. The first-order chi connectivity index (χ1) is 10.0. The van der Waals surface area contributed by atoms with E-state index in [1.807, 2.05) is 6.92 Å². The fourth-order valence-electron chi connectivity index (χ4n) is 1.69. The molecule has 1 heterocycles. The molecule has 1 N–H and O–H groups in total. The third-order valence-corrected chi connectivity index (χ3v) is 2.59. The summed E-state index contributed by atoms with van der Waals surface area (Å²) in [6, 6.07) is 5.61. The van der Waals surface area contributed by atoms with E-state index in [-0.39, 0.29) is 29.0 Å². The Morgan fingerprint density at radius 2 is 2.10 bits per heavy atom. The summed E-state index contributed by atoms with van der Waals surface area (Å²) in [6.07, 6.45) is 0. The minimum atomic E-state index is -0.652. The van der Waals surface area contributed by atoms with Crippen molar-refractivity contribution in [3.05, 3.63) is 45.9 Å². The number of hydrogen-bond donors (Lipinski definition) is 1. The van der Waals surface area contributed by atoms with Crippen LogP contribution in [0.2, 0.25) is 0 Å². The van der Waals surface area contributed by atoms with Crippen LogP contribution in [0, 0.1) is 22.9 Å². The maximum atomic E-state index is 13.6. The molecular weight excluding hydrogens is 279 g/mol. The molecule has 110 valence electrons. The van der Waals surface area contributed by atoms with Gasteiger partial charge in [0.1, 0.15) is 5.69 Å². The van der Waals surface area contributed by atoms with Crippen molar-refractivity contribution in [2.45, 2.75) is 13.8 Å². The minimum Gasteiger partial charge on any atom is -0.430 e. The second-order valence-corrected chi connectivity index (χ2v) is 4.11. The highest BCUT2D eigenvalue weighted by Crippen LogP contribution is 2.33. The summed E-state index contributed by atoms with van der Waals surface area (Å²) in [6.45, 7) is 3.84. The second-order valence-electron chi connectivity index (χ2n) is 4.11. The SMILES string of the molecule is CCNc1nc(C)c([N+](=O)[O-])c(Oc2ccccc2F)n1. The summed E-state index contributed by atoms with van der Waals surface area (Å²) in [5.74, 6) is -0.880. The number of nitrogens with one attached hydrogen (secondary N) is 1. The molecule has 8 heteroatoms. The number of halogens is 1. The smallest absolute Gasteiger partial charge is 0.352 e. The van der Waals surface area contributed by atoms with Crippen LogP contribution in [-0.4, -0.2) is 21.4 Å². The zero-order chi connectivity index (χ0) is 15.4. The first-order valence-corrected chi connectivity index (χ1v) is 6.22. The van der Waals surface area contributed by atoms with Gasteiger partial charge in [-0.15, -0.1) is 0 Å². The lowest BCUT2D eigenvalue weighted by molar-refractivity contribution is -0.386. The van der Waals surface area contributed by atoms with Crippen molar-refractivity contribution >= 4 is 11.6 Å². The van der Waals surface area contributed by atoms with Crippen molar-refractivity contribution in [3.8, 4) is 11.6 Å². The van der Waals surface area contributed by atoms with Gasteiger partial charge in [0, 0.05) is 6.54 Å². The van der Waals surface area contributed by atoms with Crippen LogP contribution in [-0.2, 0) is 0 Å². The fourth-order valence-corrected chi connectivity index (χ4v) is 1.69. The van der Waals surface area contributed by atoms with E-state index in [9.17, 15) is 14.5 Å².